The minimum Gasteiger partial charge on any atom is -0.308 e. The molecule has 1 heterocycles. The number of nitrogens with one attached hydrogen (secondary N) is 1. The standard InChI is InChI=1S/C13H11Br2N3O/c1-8-4-2-3-5-9(8)6-11(19)18-13-12(15)17-10(14)7-16-13/h2-5,7H,6H2,1H3,(H,16,18,19). The molecule has 2 aromatic rings. The van der Waals surface area contributed by atoms with E-state index in [9.17, 15) is 4.79 Å². The highest BCUT2D eigenvalue weighted by molar-refractivity contribution is 9.11. The van der Waals surface area contributed by atoms with Crippen molar-refractivity contribution in [1.29, 1.82) is 0 Å². The molecular formula is C13H11Br2N3O. The molecule has 0 bridgehead atoms. The Hall–Kier alpha value is -1.27. The number of rotatable bonds is 3. The average Bonchev–Trinajstić information content (AvgIpc) is 2.36. The molecule has 6 heteroatoms. The van der Waals surface area contributed by atoms with Crippen molar-refractivity contribution >= 4 is 43.6 Å². The highest BCUT2D eigenvalue weighted by atomic mass is 79.9. The topological polar surface area (TPSA) is 54.9 Å². The number of nitrogens with zero attached hydrogens (tertiary/aromatic N) is 2. The van der Waals surface area contributed by atoms with Crippen molar-refractivity contribution in [2.75, 3.05) is 5.32 Å². The first-order chi connectivity index (χ1) is 9.06. The van der Waals surface area contributed by atoms with Crippen LogP contribution in [-0.4, -0.2) is 15.9 Å². The first-order valence-electron chi connectivity index (χ1n) is 5.58. The third-order valence-electron chi connectivity index (χ3n) is 2.57. The molecule has 0 unspecified atom stereocenters. The molecule has 0 fully saturated rings. The van der Waals surface area contributed by atoms with Gasteiger partial charge in [-0.1, -0.05) is 24.3 Å². The van der Waals surface area contributed by atoms with Gasteiger partial charge in [0, 0.05) is 0 Å². The van der Waals surface area contributed by atoms with Crippen molar-refractivity contribution in [3.8, 4) is 0 Å². The molecule has 2 rings (SSSR count). The largest absolute Gasteiger partial charge is 0.308 e. The quantitative estimate of drug-likeness (QED) is 0.881. The maximum atomic E-state index is 12.0. The van der Waals surface area contributed by atoms with E-state index in [0.29, 0.717) is 21.4 Å². The van der Waals surface area contributed by atoms with E-state index in [1.165, 1.54) is 6.20 Å². The first kappa shape index (κ1) is 14.1. The second kappa shape index (κ2) is 6.25. The van der Waals surface area contributed by atoms with E-state index in [1.807, 2.05) is 31.2 Å². The number of anilines is 1. The lowest BCUT2D eigenvalue weighted by atomic mass is 10.1. The van der Waals surface area contributed by atoms with Crippen molar-refractivity contribution in [2.45, 2.75) is 13.3 Å². The summed E-state index contributed by atoms with van der Waals surface area (Å²) in [4.78, 5) is 20.2. The molecule has 0 aliphatic heterocycles. The van der Waals surface area contributed by atoms with Crippen LogP contribution in [0.1, 0.15) is 11.1 Å². The van der Waals surface area contributed by atoms with E-state index in [1.54, 1.807) is 0 Å². The van der Waals surface area contributed by atoms with Crippen LogP contribution in [0.2, 0.25) is 0 Å². The maximum Gasteiger partial charge on any atom is 0.230 e. The van der Waals surface area contributed by atoms with E-state index < -0.39 is 0 Å². The van der Waals surface area contributed by atoms with Crippen molar-refractivity contribution in [1.82, 2.24) is 9.97 Å². The Morgan fingerprint density at radius 3 is 2.74 bits per heavy atom. The summed E-state index contributed by atoms with van der Waals surface area (Å²) < 4.78 is 1.11. The molecule has 19 heavy (non-hydrogen) atoms. The Morgan fingerprint density at radius 2 is 2.05 bits per heavy atom. The molecule has 0 saturated heterocycles. The summed E-state index contributed by atoms with van der Waals surface area (Å²) in [7, 11) is 0. The molecule has 0 aliphatic carbocycles. The fourth-order valence-electron chi connectivity index (χ4n) is 1.59. The van der Waals surface area contributed by atoms with Gasteiger partial charge in [-0.3, -0.25) is 4.79 Å². The number of carbonyl (C=O) groups excluding carboxylic acids is 1. The number of aryl methyl sites for hydroxylation is 1. The van der Waals surface area contributed by atoms with Crippen LogP contribution in [0.25, 0.3) is 0 Å². The summed E-state index contributed by atoms with van der Waals surface area (Å²) in [5, 5.41) is 2.73. The van der Waals surface area contributed by atoms with Gasteiger partial charge in [-0.05, 0) is 49.9 Å². The van der Waals surface area contributed by atoms with E-state index in [0.717, 1.165) is 11.1 Å². The third-order valence-corrected chi connectivity index (χ3v) is 3.51. The van der Waals surface area contributed by atoms with Crippen molar-refractivity contribution in [3.63, 3.8) is 0 Å². The van der Waals surface area contributed by atoms with Crippen LogP contribution >= 0.6 is 31.9 Å². The number of carbonyl (C=O) groups is 1. The second-order valence-corrected chi connectivity index (χ2v) is 5.55. The maximum absolute atomic E-state index is 12.0. The van der Waals surface area contributed by atoms with Gasteiger partial charge in [-0.2, -0.15) is 0 Å². The molecule has 1 N–H and O–H groups in total. The molecule has 0 radical (unpaired) electrons. The average molecular weight is 385 g/mol. The van der Waals surface area contributed by atoms with Gasteiger partial charge in [-0.25, -0.2) is 9.97 Å². The monoisotopic (exact) mass is 383 g/mol. The highest BCUT2D eigenvalue weighted by Crippen LogP contribution is 2.19. The number of halogens is 2. The first-order valence-corrected chi connectivity index (χ1v) is 7.17. The second-order valence-electron chi connectivity index (χ2n) is 3.98. The van der Waals surface area contributed by atoms with E-state index in [4.69, 9.17) is 0 Å². The van der Waals surface area contributed by atoms with Gasteiger partial charge < -0.3 is 5.32 Å². The molecule has 0 atom stereocenters. The molecule has 0 spiro atoms. The minimum atomic E-state index is -0.119. The summed E-state index contributed by atoms with van der Waals surface area (Å²) in [5.41, 5.74) is 2.10. The molecule has 0 aliphatic rings. The predicted octanol–water partition coefficient (Wildman–Crippen LogP) is 3.49. The Balaban J connectivity index is 2.08. The Labute approximate surface area is 127 Å². The van der Waals surface area contributed by atoms with Crippen LogP contribution in [0.15, 0.2) is 39.7 Å². The number of benzene rings is 1. The zero-order valence-corrected chi connectivity index (χ0v) is 13.3. The van der Waals surface area contributed by atoms with Gasteiger partial charge in [0.1, 0.15) is 9.21 Å². The fraction of sp³-hybridized carbons (Fsp3) is 0.154. The summed E-state index contributed by atoms with van der Waals surface area (Å²) in [6.07, 6.45) is 1.85. The molecule has 4 nitrogen and oxygen atoms in total. The van der Waals surface area contributed by atoms with Crippen LogP contribution in [-0.2, 0) is 11.2 Å². The molecule has 1 amide bonds. The Bertz CT molecular complexity index is 617. The summed E-state index contributed by atoms with van der Waals surface area (Å²) in [6.45, 7) is 1.98. The number of aromatic nitrogens is 2. The molecule has 98 valence electrons. The zero-order chi connectivity index (χ0) is 13.8. The van der Waals surface area contributed by atoms with Crippen LogP contribution in [0.3, 0.4) is 0 Å². The van der Waals surface area contributed by atoms with E-state index in [-0.39, 0.29) is 5.91 Å². The smallest absolute Gasteiger partial charge is 0.230 e. The summed E-state index contributed by atoms with van der Waals surface area (Å²) >= 11 is 6.47. The van der Waals surface area contributed by atoms with Gasteiger partial charge in [0.15, 0.2) is 5.82 Å². The SMILES string of the molecule is Cc1ccccc1CC(=O)Nc1ncc(Br)nc1Br. The predicted molar refractivity (Wildman–Crippen MR) is 80.9 cm³/mol. The Kier molecular flexibility index (Phi) is 4.66. The number of hydrogen-bond donors (Lipinski definition) is 1. The van der Waals surface area contributed by atoms with Crippen LogP contribution in [0, 0.1) is 6.92 Å². The van der Waals surface area contributed by atoms with Gasteiger partial charge >= 0.3 is 0 Å². The van der Waals surface area contributed by atoms with E-state index >= 15 is 0 Å². The van der Waals surface area contributed by atoms with Crippen LogP contribution < -0.4 is 5.32 Å². The minimum absolute atomic E-state index is 0.119. The highest BCUT2D eigenvalue weighted by Gasteiger charge is 2.10. The van der Waals surface area contributed by atoms with Crippen molar-refractivity contribution in [2.24, 2.45) is 0 Å². The summed E-state index contributed by atoms with van der Waals surface area (Å²) in [6, 6.07) is 7.80. The van der Waals surface area contributed by atoms with Gasteiger partial charge in [-0.15, -0.1) is 0 Å². The summed E-state index contributed by atoms with van der Waals surface area (Å²) in [5.74, 6) is 0.299. The lowest BCUT2D eigenvalue weighted by molar-refractivity contribution is -0.115. The molecule has 0 saturated carbocycles. The molecular weight excluding hydrogens is 374 g/mol. The zero-order valence-electron chi connectivity index (χ0n) is 10.2. The molecule has 1 aromatic carbocycles. The van der Waals surface area contributed by atoms with Crippen molar-refractivity contribution < 1.29 is 4.79 Å². The van der Waals surface area contributed by atoms with Gasteiger partial charge in [0.2, 0.25) is 5.91 Å². The molecule has 1 aromatic heterocycles. The van der Waals surface area contributed by atoms with Gasteiger partial charge in [0.25, 0.3) is 0 Å². The third kappa shape index (κ3) is 3.84. The number of hydrogen-bond acceptors (Lipinski definition) is 3. The van der Waals surface area contributed by atoms with Gasteiger partial charge in [0.05, 0.1) is 12.6 Å². The lowest BCUT2D eigenvalue weighted by Crippen LogP contribution is -2.16. The lowest BCUT2D eigenvalue weighted by Gasteiger charge is -2.07. The van der Waals surface area contributed by atoms with Crippen molar-refractivity contribution in [3.05, 3.63) is 50.8 Å². The fourth-order valence-corrected chi connectivity index (χ4v) is 2.50. The number of amides is 1. The van der Waals surface area contributed by atoms with E-state index in [2.05, 4.69) is 47.1 Å². The normalized spacial score (nSPS) is 10.3. The Morgan fingerprint density at radius 1 is 1.32 bits per heavy atom. The van der Waals surface area contributed by atoms with Crippen LogP contribution in [0.4, 0.5) is 5.82 Å². The van der Waals surface area contributed by atoms with Crippen LogP contribution in [0.5, 0.6) is 0 Å².